The molecule has 0 aromatic carbocycles. The fourth-order valence-corrected chi connectivity index (χ4v) is 2.51. The monoisotopic (exact) mass is 236 g/mol. The summed E-state index contributed by atoms with van der Waals surface area (Å²) in [5, 5.41) is 0. The third-order valence-corrected chi connectivity index (χ3v) is 3.36. The molecule has 16 heavy (non-hydrogen) atoms. The summed E-state index contributed by atoms with van der Waals surface area (Å²) in [5.74, 6) is 4.13. The van der Waals surface area contributed by atoms with Crippen molar-refractivity contribution in [1.82, 2.24) is 5.43 Å². The zero-order chi connectivity index (χ0) is 12.3. The fourth-order valence-electron chi connectivity index (χ4n) is 2.51. The molecule has 0 heterocycles. The molecular formula is C11H19F3N2. The van der Waals surface area contributed by atoms with Gasteiger partial charge in [-0.05, 0) is 32.1 Å². The van der Waals surface area contributed by atoms with Crippen molar-refractivity contribution < 1.29 is 13.2 Å². The first kappa shape index (κ1) is 13.5. The van der Waals surface area contributed by atoms with Crippen LogP contribution in [0.1, 0.15) is 32.6 Å². The maximum atomic E-state index is 12.6. The van der Waals surface area contributed by atoms with E-state index in [2.05, 4.69) is 12.0 Å². The first-order chi connectivity index (χ1) is 7.36. The van der Waals surface area contributed by atoms with E-state index in [1.54, 1.807) is 6.92 Å². The highest BCUT2D eigenvalue weighted by atomic mass is 19.4. The Bertz CT molecular complexity index is 250. The summed E-state index contributed by atoms with van der Waals surface area (Å²) in [6, 6.07) is -0.204. The summed E-state index contributed by atoms with van der Waals surface area (Å²) < 4.78 is 37.8. The molecule has 0 aliphatic heterocycles. The average molecular weight is 236 g/mol. The second kappa shape index (κ2) is 5.19. The van der Waals surface area contributed by atoms with Crippen molar-refractivity contribution in [1.29, 1.82) is 0 Å². The van der Waals surface area contributed by atoms with Gasteiger partial charge in [0.25, 0.3) is 0 Å². The van der Waals surface area contributed by atoms with Crippen LogP contribution in [0.5, 0.6) is 0 Å². The van der Waals surface area contributed by atoms with Crippen molar-refractivity contribution >= 4 is 0 Å². The lowest BCUT2D eigenvalue weighted by Crippen LogP contribution is -2.44. The molecule has 5 heteroatoms. The minimum absolute atomic E-state index is 0.0529. The van der Waals surface area contributed by atoms with E-state index in [1.807, 2.05) is 0 Å². The van der Waals surface area contributed by atoms with Gasteiger partial charge in [0, 0.05) is 6.04 Å². The highest BCUT2D eigenvalue weighted by Crippen LogP contribution is 2.41. The Balaban J connectivity index is 2.66. The average Bonchev–Trinajstić information content (AvgIpc) is 2.17. The van der Waals surface area contributed by atoms with Crippen LogP contribution in [0, 0.1) is 11.8 Å². The van der Waals surface area contributed by atoms with E-state index in [0.29, 0.717) is 6.42 Å². The van der Waals surface area contributed by atoms with Crippen LogP contribution in [-0.2, 0) is 0 Å². The van der Waals surface area contributed by atoms with Gasteiger partial charge in [-0.3, -0.25) is 11.3 Å². The van der Waals surface area contributed by atoms with E-state index in [1.165, 1.54) is 0 Å². The molecule has 94 valence electrons. The number of alkyl halides is 3. The number of halogens is 3. The van der Waals surface area contributed by atoms with Crippen molar-refractivity contribution in [2.75, 3.05) is 0 Å². The summed E-state index contributed by atoms with van der Waals surface area (Å²) in [6.07, 6.45) is -2.28. The van der Waals surface area contributed by atoms with Gasteiger partial charge in [-0.2, -0.15) is 13.2 Å². The third kappa shape index (κ3) is 3.22. The minimum Gasteiger partial charge on any atom is -0.271 e. The first-order valence-electron chi connectivity index (χ1n) is 5.54. The molecule has 1 rings (SSSR count). The molecule has 0 bridgehead atoms. The lowest BCUT2D eigenvalue weighted by molar-refractivity contribution is -0.186. The molecule has 3 unspecified atom stereocenters. The van der Waals surface area contributed by atoms with E-state index in [-0.39, 0.29) is 24.8 Å². The summed E-state index contributed by atoms with van der Waals surface area (Å²) in [4.78, 5) is 0. The summed E-state index contributed by atoms with van der Waals surface area (Å²) in [5.41, 5.74) is 3.38. The number of nitrogens with one attached hydrogen (secondary N) is 1. The van der Waals surface area contributed by atoms with Crippen molar-refractivity contribution in [3.63, 3.8) is 0 Å². The maximum absolute atomic E-state index is 12.6. The van der Waals surface area contributed by atoms with Crippen molar-refractivity contribution in [3.05, 3.63) is 12.2 Å². The highest BCUT2D eigenvalue weighted by Gasteiger charge is 2.43. The van der Waals surface area contributed by atoms with Crippen molar-refractivity contribution in [2.24, 2.45) is 17.7 Å². The van der Waals surface area contributed by atoms with Gasteiger partial charge in [0.05, 0.1) is 5.92 Å². The number of nitrogens with two attached hydrogens (primary N) is 1. The smallest absolute Gasteiger partial charge is 0.271 e. The molecule has 0 amide bonds. The van der Waals surface area contributed by atoms with Crippen LogP contribution in [0.25, 0.3) is 0 Å². The largest absolute Gasteiger partial charge is 0.391 e. The van der Waals surface area contributed by atoms with Gasteiger partial charge >= 0.3 is 6.18 Å². The van der Waals surface area contributed by atoms with Gasteiger partial charge < -0.3 is 0 Å². The zero-order valence-electron chi connectivity index (χ0n) is 9.48. The van der Waals surface area contributed by atoms with Crippen LogP contribution < -0.4 is 11.3 Å². The first-order valence-corrected chi connectivity index (χ1v) is 5.54. The second-order valence-corrected chi connectivity index (χ2v) is 4.66. The number of rotatable bonds is 3. The zero-order valence-corrected chi connectivity index (χ0v) is 9.48. The summed E-state index contributed by atoms with van der Waals surface area (Å²) in [6.45, 7) is 5.56. The number of hydrogen-bond donors (Lipinski definition) is 2. The Labute approximate surface area is 94.0 Å². The van der Waals surface area contributed by atoms with E-state index in [0.717, 1.165) is 12.0 Å². The SMILES string of the molecule is C=C(C)C(NN)C1CCCC(C(F)(F)F)C1. The Morgan fingerprint density at radius 3 is 2.50 bits per heavy atom. The van der Waals surface area contributed by atoms with Crippen LogP contribution in [-0.4, -0.2) is 12.2 Å². The number of hydrogen-bond acceptors (Lipinski definition) is 2. The fraction of sp³-hybridized carbons (Fsp3) is 0.818. The van der Waals surface area contributed by atoms with Crippen LogP contribution >= 0.6 is 0 Å². The Morgan fingerprint density at radius 2 is 2.06 bits per heavy atom. The standard InChI is InChI=1S/C11H19F3N2/c1-7(2)10(16-15)8-4-3-5-9(6-8)11(12,13)14/h8-10,16H,1,3-6,15H2,2H3. The predicted octanol–water partition coefficient (Wildman–Crippen LogP) is 2.76. The van der Waals surface area contributed by atoms with Crippen molar-refractivity contribution in [2.45, 2.75) is 44.8 Å². The van der Waals surface area contributed by atoms with Gasteiger partial charge in [0.15, 0.2) is 0 Å². The van der Waals surface area contributed by atoms with Gasteiger partial charge in [0.2, 0.25) is 0 Å². The third-order valence-electron chi connectivity index (χ3n) is 3.36. The predicted molar refractivity (Wildman–Crippen MR) is 57.4 cm³/mol. The molecular weight excluding hydrogens is 217 g/mol. The topological polar surface area (TPSA) is 38.0 Å². The molecule has 0 spiro atoms. The Kier molecular flexibility index (Phi) is 4.38. The molecule has 0 aromatic heterocycles. The molecule has 0 radical (unpaired) electrons. The molecule has 1 saturated carbocycles. The maximum Gasteiger partial charge on any atom is 0.391 e. The summed E-state index contributed by atoms with van der Waals surface area (Å²) >= 11 is 0. The second-order valence-electron chi connectivity index (χ2n) is 4.66. The van der Waals surface area contributed by atoms with Crippen LogP contribution in [0.15, 0.2) is 12.2 Å². The highest BCUT2D eigenvalue weighted by molar-refractivity contribution is 5.04. The summed E-state index contributed by atoms with van der Waals surface area (Å²) in [7, 11) is 0. The lowest BCUT2D eigenvalue weighted by Gasteiger charge is -2.35. The number of hydrazine groups is 1. The van der Waals surface area contributed by atoms with Gasteiger partial charge in [-0.15, -0.1) is 0 Å². The lowest BCUT2D eigenvalue weighted by atomic mass is 9.76. The van der Waals surface area contributed by atoms with Crippen LogP contribution in [0.3, 0.4) is 0 Å². The quantitative estimate of drug-likeness (QED) is 0.449. The molecule has 3 N–H and O–H groups in total. The Morgan fingerprint density at radius 1 is 1.44 bits per heavy atom. The van der Waals surface area contributed by atoms with Gasteiger partial charge in [-0.25, -0.2) is 0 Å². The van der Waals surface area contributed by atoms with Crippen LogP contribution in [0.2, 0.25) is 0 Å². The van der Waals surface area contributed by atoms with Gasteiger partial charge in [-0.1, -0.05) is 18.6 Å². The van der Waals surface area contributed by atoms with Crippen molar-refractivity contribution in [3.8, 4) is 0 Å². The molecule has 0 aromatic rings. The van der Waals surface area contributed by atoms with E-state index in [9.17, 15) is 13.2 Å². The molecule has 1 aliphatic rings. The van der Waals surface area contributed by atoms with Crippen LogP contribution in [0.4, 0.5) is 13.2 Å². The van der Waals surface area contributed by atoms with E-state index >= 15 is 0 Å². The van der Waals surface area contributed by atoms with E-state index < -0.39 is 12.1 Å². The molecule has 3 atom stereocenters. The Hall–Kier alpha value is -0.550. The normalized spacial score (nSPS) is 28.8. The molecule has 0 saturated heterocycles. The minimum atomic E-state index is -4.08. The van der Waals surface area contributed by atoms with E-state index in [4.69, 9.17) is 5.84 Å². The molecule has 2 nitrogen and oxygen atoms in total. The molecule has 1 aliphatic carbocycles. The van der Waals surface area contributed by atoms with Gasteiger partial charge in [0.1, 0.15) is 0 Å². The molecule has 1 fully saturated rings.